The van der Waals surface area contributed by atoms with Crippen molar-refractivity contribution < 1.29 is 9.53 Å². The van der Waals surface area contributed by atoms with Crippen LogP contribution < -0.4 is 5.32 Å². The quantitative estimate of drug-likeness (QED) is 0.609. The Hall–Kier alpha value is -1.20. The number of rotatable bonds is 7. The van der Waals surface area contributed by atoms with Crippen LogP contribution >= 0.6 is 11.6 Å². The number of methoxy groups -OCH3 is 1. The van der Waals surface area contributed by atoms with E-state index in [4.69, 9.17) is 16.3 Å². The van der Waals surface area contributed by atoms with E-state index in [1.165, 1.54) is 6.33 Å². The molecule has 0 bridgehead atoms. The highest BCUT2D eigenvalue weighted by Crippen LogP contribution is 2.23. The van der Waals surface area contributed by atoms with Gasteiger partial charge in [-0.05, 0) is 11.8 Å². The number of hydrogen-bond donors (Lipinski definition) is 1. The van der Waals surface area contributed by atoms with Gasteiger partial charge in [0.1, 0.15) is 17.3 Å². The van der Waals surface area contributed by atoms with E-state index >= 15 is 0 Å². The van der Waals surface area contributed by atoms with Crippen molar-refractivity contribution in [3.8, 4) is 0 Å². The number of halogens is 1. The molecular weight excluding hydrogens is 254 g/mol. The maximum absolute atomic E-state index is 10.9. The summed E-state index contributed by atoms with van der Waals surface area (Å²) in [6, 6.07) is 0. The lowest BCUT2D eigenvalue weighted by Gasteiger charge is -2.25. The molecule has 0 spiro atoms. The third-order valence-electron chi connectivity index (χ3n) is 2.67. The number of carbonyl (C=O) groups is 1. The van der Waals surface area contributed by atoms with Crippen LogP contribution in [0.25, 0.3) is 0 Å². The van der Waals surface area contributed by atoms with E-state index in [0.717, 1.165) is 6.42 Å². The van der Waals surface area contributed by atoms with Gasteiger partial charge in [0.2, 0.25) is 0 Å². The third-order valence-corrected chi connectivity index (χ3v) is 2.97. The number of aromatic nitrogens is 2. The van der Waals surface area contributed by atoms with Gasteiger partial charge < -0.3 is 10.1 Å². The molecule has 1 aromatic heterocycles. The molecule has 0 atom stereocenters. The fourth-order valence-corrected chi connectivity index (χ4v) is 1.59. The van der Waals surface area contributed by atoms with E-state index in [0.29, 0.717) is 30.8 Å². The number of aldehydes is 1. The lowest BCUT2D eigenvalue weighted by Crippen LogP contribution is -2.25. The number of ether oxygens (including phenoxy) is 1. The summed E-state index contributed by atoms with van der Waals surface area (Å²) in [6.07, 6.45) is 2.90. The number of nitrogens with one attached hydrogen (secondary N) is 1. The molecule has 0 fully saturated rings. The number of carbonyl (C=O) groups excluding carboxylic acids is 1. The fraction of sp³-hybridized carbons (Fsp3) is 0.583. The van der Waals surface area contributed by atoms with Gasteiger partial charge in [-0.3, -0.25) is 4.79 Å². The van der Waals surface area contributed by atoms with Crippen LogP contribution in [-0.2, 0) is 4.74 Å². The summed E-state index contributed by atoms with van der Waals surface area (Å²) in [4.78, 5) is 18.7. The van der Waals surface area contributed by atoms with Gasteiger partial charge in [-0.25, -0.2) is 9.97 Å². The highest BCUT2D eigenvalue weighted by atomic mass is 35.5. The number of nitrogens with zero attached hydrogens (tertiary/aromatic N) is 2. The molecule has 6 heteroatoms. The average molecular weight is 272 g/mol. The molecule has 5 nitrogen and oxygen atoms in total. The largest absolute Gasteiger partial charge is 0.385 e. The first-order chi connectivity index (χ1) is 8.50. The van der Waals surface area contributed by atoms with Crippen LogP contribution in [0.5, 0.6) is 0 Å². The SMILES string of the molecule is COCCC(C)(C)CNc1ncnc(Cl)c1C=O. The van der Waals surface area contributed by atoms with E-state index in [1.807, 2.05) is 0 Å². The van der Waals surface area contributed by atoms with Gasteiger partial charge >= 0.3 is 0 Å². The van der Waals surface area contributed by atoms with Crippen LogP contribution in [0.2, 0.25) is 5.15 Å². The molecule has 0 amide bonds. The second-order valence-corrected chi connectivity index (χ2v) is 5.16. The molecule has 0 unspecified atom stereocenters. The molecule has 0 aliphatic heterocycles. The van der Waals surface area contributed by atoms with Gasteiger partial charge in [0.25, 0.3) is 0 Å². The predicted octanol–water partition coefficient (Wildman–Crippen LogP) is 2.42. The molecule has 100 valence electrons. The van der Waals surface area contributed by atoms with Crippen molar-refractivity contribution >= 4 is 23.7 Å². The molecular formula is C12H18ClN3O2. The first kappa shape index (κ1) is 14.9. The highest BCUT2D eigenvalue weighted by Gasteiger charge is 2.18. The van der Waals surface area contributed by atoms with Crippen molar-refractivity contribution in [3.63, 3.8) is 0 Å². The average Bonchev–Trinajstić information content (AvgIpc) is 2.34. The Labute approximate surface area is 112 Å². The molecule has 0 aromatic carbocycles. The first-order valence-electron chi connectivity index (χ1n) is 5.68. The normalized spacial score (nSPS) is 11.3. The Morgan fingerprint density at radius 1 is 1.50 bits per heavy atom. The first-order valence-corrected chi connectivity index (χ1v) is 6.06. The second kappa shape index (κ2) is 6.66. The molecule has 0 radical (unpaired) electrons. The minimum atomic E-state index is 0.0353. The van der Waals surface area contributed by atoms with Crippen LogP contribution in [0, 0.1) is 5.41 Å². The van der Waals surface area contributed by atoms with Crippen LogP contribution in [-0.4, -0.2) is 36.5 Å². The van der Waals surface area contributed by atoms with Gasteiger partial charge in [-0.2, -0.15) is 0 Å². The Bertz CT molecular complexity index is 410. The highest BCUT2D eigenvalue weighted by molar-refractivity contribution is 6.32. The minimum absolute atomic E-state index is 0.0353. The van der Waals surface area contributed by atoms with E-state index < -0.39 is 0 Å². The van der Waals surface area contributed by atoms with Gasteiger partial charge in [0, 0.05) is 20.3 Å². The van der Waals surface area contributed by atoms with Crippen LogP contribution in [0.4, 0.5) is 5.82 Å². The summed E-state index contributed by atoms with van der Waals surface area (Å²) in [6.45, 7) is 5.59. The summed E-state index contributed by atoms with van der Waals surface area (Å²) >= 11 is 5.82. The summed E-state index contributed by atoms with van der Waals surface area (Å²) in [5.74, 6) is 0.468. The zero-order valence-corrected chi connectivity index (χ0v) is 11.6. The molecule has 0 saturated heterocycles. The molecule has 18 heavy (non-hydrogen) atoms. The van der Waals surface area contributed by atoms with E-state index in [9.17, 15) is 4.79 Å². The number of hydrogen-bond acceptors (Lipinski definition) is 5. The van der Waals surface area contributed by atoms with E-state index in [2.05, 4.69) is 29.1 Å². The van der Waals surface area contributed by atoms with Crippen LogP contribution in [0.1, 0.15) is 30.6 Å². The van der Waals surface area contributed by atoms with Gasteiger partial charge in [0.15, 0.2) is 6.29 Å². The van der Waals surface area contributed by atoms with Crippen LogP contribution in [0.3, 0.4) is 0 Å². The fourth-order valence-electron chi connectivity index (χ4n) is 1.41. The second-order valence-electron chi connectivity index (χ2n) is 4.81. The van der Waals surface area contributed by atoms with Crippen molar-refractivity contribution in [1.29, 1.82) is 0 Å². The Morgan fingerprint density at radius 3 is 2.83 bits per heavy atom. The summed E-state index contributed by atoms with van der Waals surface area (Å²) in [5.41, 5.74) is 0.329. The lowest BCUT2D eigenvalue weighted by atomic mass is 9.90. The van der Waals surface area contributed by atoms with Crippen molar-refractivity contribution in [1.82, 2.24) is 9.97 Å². The minimum Gasteiger partial charge on any atom is -0.385 e. The molecule has 1 rings (SSSR count). The van der Waals surface area contributed by atoms with Crippen molar-refractivity contribution in [2.24, 2.45) is 5.41 Å². The van der Waals surface area contributed by atoms with E-state index in [1.54, 1.807) is 7.11 Å². The molecule has 0 saturated carbocycles. The maximum Gasteiger partial charge on any atom is 0.156 e. The summed E-state index contributed by atoms with van der Waals surface area (Å²) < 4.78 is 5.06. The lowest BCUT2D eigenvalue weighted by molar-refractivity contribution is 0.112. The molecule has 1 N–H and O–H groups in total. The van der Waals surface area contributed by atoms with Gasteiger partial charge in [-0.1, -0.05) is 25.4 Å². The number of anilines is 1. The smallest absolute Gasteiger partial charge is 0.156 e. The Balaban J connectivity index is 2.68. The Morgan fingerprint density at radius 2 is 2.22 bits per heavy atom. The van der Waals surface area contributed by atoms with Crippen molar-refractivity contribution in [2.45, 2.75) is 20.3 Å². The van der Waals surface area contributed by atoms with Crippen molar-refractivity contribution in [2.75, 3.05) is 25.6 Å². The summed E-state index contributed by atoms with van der Waals surface area (Å²) in [7, 11) is 1.68. The monoisotopic (exact) mass is 271 g/mol. The zero-order chi connectivity index (χ0) is 13.6. The maximum atomic E-state index is 10.9. The van der Waals surface area contributed by atoms with E-state index in [-0.39, 0.29) is 10.6 Å². The summed E-state index contributed by atoms with van der Waals surface area (Å²) in [5, 5.41) is 3.30. The molecule has 0 aliphatic carbocycles. The molecule has 1 heterocycles. The van der Waals surface area contributed by atoms with Crippen LogP contribution in [0.15, 0.2) is 6.33 Å². The molecule has 0 aliphatic rings. The standard InChI is InChI=1S/C12H18ClN3O2/c1-12(2,4-5-18-3)7-14-11-9(6-17)10(13)15-8-16-11/h6,8H,4-5,7H2,1-3H3,(H,14,15,16). The topological polar surface area (TPSA) is 64.1 Å². The third kappa shape index (κ3) is 4.23. The predicted molar refractivity (Wildman–Crippen MR) is 71.2 cm³/mol. The van der Waals surface area contributed by atoms with Crippen molar-refractivity contribution in [3.05, 3.63) is 17.0 Å². The van der Waals surface area contributed by atoms with Gasteiger partial charge in [-0.15, -0.1) is 0 Å². The van der Waals surface area contributed by atoms with Gasteiger partial charge in [0.05, 0.1) is 5.56 Å². The molecule has 1 aromatic rings. The zero-order valence-electron chi connectivity index (χ0n) is 10.9. The Kier molecular flexibility index (Phi) is 5.50.